The van der Waals surface area contributed by atoms with Gasteiger partial charge in [0.05, 0.1) is 12.9 Å². The van der Waals surface area contributed by atoms with E-state index < -0.39 is 12.0 Å². The fraction of sp³-hybridized carbons (Fsp3) is 0.553. The fourth-order valence-electron chi connectivity index (χ4n) is 3.60. The van der Waals surface area contributed by atoms with E-state index in [0.29, 0.717) is 44.1 Å². The van der Waals surface area contributed by atoms with E-state index in [4.69, 9.17) is 0 Å². The average molecular weight is 658 g/mol. The van der Waals surface area contributed by atoms with Gasteiger partial charge in [0, 0.05) is 25.7 Å². The quantitative estimate of drug-likeness (QED) is 0.0754. The van der Waals surface area contributed by atoms with Crippen molar-refractivity contribution in [1.29, 1.82) is 0 Å². The molecule has 0 bridgehead atoms. The molecule has 8 heteroatoms. The van der Waals surface area contributed by atoms with E-state index in [1.807, 2.05) is 104 Å². The molecule has 4 nitrogen and oxygen atoms in total. The summed E-state index contributed by atoms with van der Waals surface area (Å²) in [6, 6.07) is 5.92. The van der Waals surface area contributed by atoms with Crippen molar-refractivity contribution in [1.82, 2.24) is 4.90 Å². The van der Waals surface area contributed by atoms with Gasteiger partial charge >= 0.3 is 0 Å². The van der Waals surface area contributed by atoms with E-state index in [-0.39, 0.29) is 5.82 Å². The molecule has 0 amide bonds. The number of allylic oxidation sites excluding steroid dienone is 7. The Morgan fingerprint density at radius 2 is 1.39 bits per heavy atom. The third-order valence-electron chi connectivity index (χ3n) is 5.70. The highest BCUT2D eigenvalue weighted by atomic mass is 19.3. The van der Waals surface area contributed by atoms with Gasteiger partial charge in [0.15, 0.2) is 0 Å². The van der Waals surface area contributed by atoms with E-state index in [2.05, 4.69) is 25.7 Å². The Kier molecular flexibility index (Phi) is 41.4. The van der Waals surface area contributed by atoms with Gasteiger partial charge in [-0.25, -0.2) is 18.2 Å². The molecule has 1 unspecified atom stereocenters. The third kappa shape index (κ3) is 24.1. The molecule has 0 aliphatic heterocycles. The number of benzene rings is 1. The molecular weight excluding hydrogens is 590 g/mol. The summed E-state index contributed by atoms with van der Waals surface area (Å²) < 4.78 is 49.0. The van der Waals surface area contributed by atoms with Crippen LogP contribution in [-0.4, -0.2) is 43.0 Å². The van der Waals surface area contributed by atoms with Gasteiger partial charge in [-0.15, -0.1) is 0 Å². The Balaban J connectivity index is -0.000000244. The van der Waals surface area contributed by atoms with Crippen LogP contribution in [0.3, 0.4) is 0 Å². The SMILES string of the molecule is C/C=C/C=C\N(C)/C=C/C.C=NN(/C(CC)=C(\CC)C/C=C(\CC)C(C)(O)C(F)F)c1ccc(F)cc1.CC.CC.CCC.CF. The number of hydrogen-bond acceptors (Lipinski definition) is 4. The number of halogens is 4. The van der Waals surface area contributed by atoms with Crippen molar-refractivity contribution in [3.8, 4) is 0 Å². The molecule has 0 aliphatic rings. The highest BCUT2D eigenvalue weighted by molar-refractivity contribution is 5.54. The van der Waals surface area contributed by atoms with Gasteiger partial charge in [0.2, 0.25) is 0 Å². The zero-order valence-electron chi connectivity index (χ0n) is 31.5. The predicted octanol–water partition coefficient (Wildman–Crippen LogP) is 12.7. The topological polar surface area (TPSA) is 39.1 Å². The summed E-state index contributed by atoms with van der Waals surface area (Å²) in [5, 5.41) is 15.8. The number of alkyl halides is 3. The smallest absolute Gasteiger partial charge is 0.270 e. The molecule has 0 radical (unpaired) electrons. The maximum absolute atomic E-state index is 13.2. The minimum atomic E-state index is -2.85. The van der Waals surface area contributed by atoms with Crippen LogP contribution in [0.4, 0.5) is 23.2 Å². The average Bonchev–Trinajstić information content (AvgIpc) is 3.06. The highest BCUT2D eigenvalue weighted by Gasteiger charge is 2.35. The first-order valence-corrected chi connectivity index (χ1v) is 16.4. The van der Waals surface area contributed by atoms with Crippen molar-refractivity contribution in [2.24, 2.45) is 5.10 Å². The first-order valence-electron chi connectivity index (χ1n) is 16.4. The summed E-state index contributed by atoms with van der Waals surface area (Å²) in [6.07, 6.45) is 14.1. The van der Waals surface area contributed by atoms with Gasteiger partial charge < -0.3 is 10.0 Å². The maximum Gasteiger partial charge on any atom is 0.270 e. The third-order valence-corrected chi connectivity index (χ3v) is 5.70. The molecule has 46 heavy (non-hydrogen) atoms. The molecule has 1 atom stereocenters. The van der Waals surface area contributed by atoms with Gasteiger partial charge in [-0.1, -0.05) is 93.0 Å². The molecule has 0 spiro atoms. The molecule has 1 aromatic carbocycles. The van der Waals surface area contributed by atoms with Gasteiger partial charge in [-0.2, -0.15) is 5.10 Å². The van der Waals surface area contributed by atoms with Gasteiger partial charge in [0.25, 0.3) is 6.43 Å². The minimum absolute atomic E-state index is 0.304. The monoisotopic (exact) mass is 658 g/mol. The summed E-state index contributed by atoms with van der Waals surface area (Å²) >= 11 is 0. The number of nitrogens with zero attached hydrogens (tertiary/aromatic N) is 3. The van der Waals surface area contributed by atoms with Crippen LogP contribution >= 0.6 is 0 Å². The van der Waals surface area contributed by atoms with Crippen molar-refractivity contribution in [3.63, 3.8) is 0 Å². The van der Waals surface area contributed by atoms with Crippen molar-refractivity contribution < 1.29 is 22.7 Å². The molecule has 0 aliphatic carbocycles. The summed E-state index contributed by atoms with van der Waals surface area (Å²) in [5.41, 5.74) is 0.702. The molecular formula is C38H67F4N3O. The second-order valence-corrected chi connectivity index (χ2v) is 9.14. The maximum atomic E-state index is 13.2. The van der Waals surface area contributed by atoms with E-state index in [0.717, 1.165) is 18.2 Å². The molecule has 0 fully saturated rings. The second-order valence-electron chi connectivity index (χ2n) is 9.14. The first-order chi connectivity index (χ1) is 21.9. The lowest BCUT2D eigenvalue weighted by atomic mass is 9.91. The molecule has 1 rings (SSSR count). The number of hydrogen-bond donors (Lipinski definition) is 1. The minimum Gasteiger partial charge on any atom is -0.380 e. The fourth-order valence-corrected chi connectivity index (χ4v) is 3.60. The number of rotatable bonds is 13. The summed E-state index contributed by atoms with van der Waals surface area (Å²) in [7, 11) is 2.50. The summed E-state index contributed by atoms with van der Waals surface area (Å²) in [6.45, 7) is 26.7. The number of aliphatic hydroxyl groups is 1. The molecule has 1 N–H and O–H groups in total. The molecule has 1 aromatic rings. The second kappa shape index (κ2) is 36.3. The van der Waals surface area contributed by atoms with Crippen LogP contribution in [0.15, 0.2) is 89.0 Å². The lowest BCUT2D eigenvalue weighted by molar-refractivity contribution is -0.0584. The van der Waals surface area contributed by atoms with Crippen LogP contribution in [0.1, 0.15) is 115 Å². The van der Waals surface area contributed by atoms with Gasteiger partial charge in [-0.3, -0.25) is 4.39 Å². The Morgan fingerprint density at radius 1 is 0.891 bits per heavy atom. The van der Waals surface area contributed by atoms with Crippen LogP contribution in [0.2, 0.25) is 0 Å². The van der Waals surface area contributed by atoms with Gasteiger partial charge in [0.1, 0.15) is 11.4 Å². The van der Waals surface area contributed by atoms with Crippen LogP contribution < -0.4 is 5.01 Å². The molecule has 268 valence electrons. The zero-order chi connectivity index (χ0) is 37.1. The number of anilines is 1. The predicted molar refractivity (Wildman–Crippen MR) is 198 cm³/mol. The van der Waals surface area contributed by atoms with Crippen molar-refractivity contribution in [2.45, 2.75) is 127 Å². The largest absolute Gasteiger partial charge is 0.380 e. The normalized spacial score (nSPS) is 12.5. The lowest BCUT2D eigenvalue weighted by Crippen LogP contribution is -2.35. The Morgan fingerprint density at radius 3 is 1.74 bits per heavy atom. The summed E-state index contributed by atoms with van der Waals surface area (Å²) in [5.74, 6) is -0.342. The van der Waals surface area contributed by atoms with E-state index in [1.54, 1.807) is 30.1 Å². The zero-order valence-corrected chi connectivity index (χ0v) is 31.5. The van der Waals surface area contributed by atoms with Gasteiger partial charge in [-0.05, 0) is 94.1 Å². The molecule has 0 saturated heterocycles. The molecule has 0 heterocycles. The van der Waals surface area contributed by atoms with Crippen LogP contribution in [0.25, 0.3) is 0 Å². The lowest BCUT2D eigenvalue weighted by Gasteiger charge is -2.27. The van der Waals surface area contributed by atoms with Crippen molar-refractivity contribution >= 4 is 12.4 Å². The van der Waals surface area contributed by atoms with E-state index in [9.17, 15) is 22.7 Å². The first kappa shape index (κ1) is 52.4. The Labute approximate surface area is 281 Å². The van der Waals surface area contributed by atoms with E-state index in [1.165, 1.54) is 18.6 Å². The highest BCUT2D eigenvalue weighted by Crippen LogP contribution is 2.31. The standard InChI is InChI=1S/C21H29F3N2O.C9H15N.C3H8.2C2H6.CH3F/c1-6-15(9-10-16(7-2)21(4,27)20(23)24)19(8-3)26(25-5)18-13-11-17(22)12-14-18;1-4-6-7-9-10(3)8-5-2;1-3-2;3*1-2/h10-14,20,27H,5-9H2,1-4H3;4-9H,1-3H3;3H2,1-2H3;2*1-2H3;1H3/b16-10+,19-15+;6-4+,8-5+,9-7-;;;;. The van der Waals surface area contributed by atoms with Crippen LogP contribution in [0.5, 0.6) is 0 Å². The number of hydrazone groups is 1. The van der Waals surface area contributed by atoms with Crippen LogP contribution in [-0.2, 0) is 0 Å². The van der Waals surface area contributed by atoms with Crippen molar-refractivity contribution in [3.05, 3.63) is 89.7 Å². The Bertz CT molecular complexity index is 967. The van der Waals surface area contributed by atoms with E-state index >= 15 is 0 Å². The van der Waals surface area contributed by atoms with Crippen molar-refractivity contribution in [2.75, 3.05) is 19.2 Å². The molecule has 0 aromatic heterocycles. The molecule has 0 saturated carbocycles. The summed E-state index contributed by atoms with van der Waals surface area (Å²) in [4.78, 5) is 2.00. The Hall–Kier alpha value is -3.13. The van der Waals surface area contributed by atoms with Crippen LogP contribution in [0, 0.1) is 5.82 Å².